The summed E-state index contributed by atoms with van der Waals surface area (Å²) in [7, 11) is 0. The Morgan fingerprint density at radius 3 is 2.52 bits per heavy atom. The van der Waals surface area contributed by atoms with E-state index in [4.69, 9.17) is 0 Å². The number of benzene rings is 1. The van der Waals surface area contributed by atoms with Gasteiger partial charge < -0.3 is 10.3 Å². The molecule has 0 radical (unpaired) electrons. The Labute approximate surface area is 184 Å². The second-order valence-electron chi connectivity index (χ2n) is 10.9. The van der Waals surface area contributed by atoms with Crippen LogP contribution in [0, 0.1) is 23.7 Å². The quantitative estimate of drug-likeness (QED) is 0.588. The second-order valence-corrected chi connectivity index (χ2v) is 10.9. The fourth-order valence-electron chi connectivity index (χ4n) is 7.38. The monoisotopic (exact) mass is 418 g/mol. The largest absolute Gasteiger partial charge is 0.361 e. The van der Waals surface area contributed by atoms with Crippen molar-refractivity contribution >= 4 is 10.9 Å². The normalized spacial score (nSPS) is 30.5. The molecule has 1 atom stereocenters. The molecule has 1 aromatic carbocycles. The zero-order valence-corrected chi connectivity index (χ0v) is 18.7. The van der Waals surface area contributed by atoms with E-state index >= 15 is 0 Å². The van der Waals surface area contributed by atoms with Crippen molar-refractivity contribution < 1.29 is 0 Å². The first-order chi connectivity index (χ1) is 15.1. The zero-order valence-electron chi connectivity index (χ0n) is 18.7. The van der Waals surface area contributed by atoms with Crippen LogP contribution in [0.15, 0.2) is 30.5 Å². The molecule has 4 aliphatic carbocycles. The third-order valence-corrected chi connectivity index (χ3v) is 8.33. The maximum absolute atomic E-state index is 4.62. The summed E-state index contributed by atoms with van der Waals surface area (Å²) >= 11 is 0. The Hall–Kier alpha value is -2.21. The van der Waals surface area contributed by atoms with Crippen molar-refractivity contribution in [2.24, 2.45) is 23.7 Å². The van der Waals surface area contributed by atoms with Crippen molar-refractivity contribution in [2.75, 3.05) is 6.54 Å². The first-order valence-electron chi connectivity index (χ1n) is 12.2. The van der Waals surface area contributed by atoms with E-state index in [-0.39, 0.29) is 11.6 Å². The molecule has 0 unspecified atom stereocenters. The molecule has 3 aromatic rings. The van der Waals surface area contributed by atoms with Gasteiger partial charge in [-0.25, -0.2) is 4.68 Å². The van der Waals surface area contributed by atoms with E-state index in [2.05, 4.69) is 74.8 Å². The molecular formula is C25H34N6. The number of tetrazole rings is 1. The van der Waals surface area contributed by atoms with Gasteiger partial charge in [0, 0.05) is 17.1 Å². The van der Waals surface area contributed by atoms with Crippen LogP contribution >= 0.6 is 0 Å². The molecule has 2 heterocycles. The minimum absolute atomic E-state index is 0.166. The molecule has 2 aromatic heterocycles. The summed E-state index contributed by atoms with van der Waals surface area (Å²) in [6.07, 6.45) is 11.3. The highest BCUT2D eigenvalue weighted by molar-refractivity contribution is 5.83. The lowest BCUT2D eigenvalue weighted by Crippen LogP contribution is -2.53. The molecule has 2 N–H and O–H groups in total. The van der Waals surface area contributed by atoms with Crippen molar-refractivity contribution in [1.29, 1.82) is 0 Å². The maximum atomic E-state index is 4.62. The predicted octanol–water partition coefficient (Wildman–Crippen LogP) is 4.61. The van der Waals surface area contributed by atoms with Crippen molar-refractivity contribution in [1.82, 2.24) is 30.5 Å². The van der Waals surface area contributed by atoms with Crippen molar-refractivity contribution in [3.8, 4) is 0 Å². The topological polar surface area (TPSA) is 71.4 Å². The lowest BCUT2D eigenvalue weighted by molar-refractivity contribution is -0.0527. The van der Waals surface area contributed by atoms with E-state index in [0.29, 0.717) is 5.92 Å². The minimum Gasteiger partial charge on any atom is -0.361 e. The van der Waals surface area contributed by atoms with E-state index in [0.717, 1.165) is 36.5 Å². The second kappa shape index (κ2) is 7.44. The van der Waals surface area contributed by atoms with Crippen LogP contribution in [0.2, 0.25) is 0 Å². The van der Waals surface area contributed by atoms with Gasteiger partial charge >= 0.3 is 0 Å². The van der Waals surface area contributed by atoms with Crippen LogP contribution in [0.1, 0.15) is 69.8 Å². The van der Waals surface area contributed by atoms with Gasteiger partial charge in [-0.05, 0) is 97.2 Å². The zero-order chi connectivity index (χ0) is 21.0. The van der Waals surface area contributed by atoms with Gasteiger partial charge in [0.15, 0.2) is 5.82 Å². The first-order valence-corrected chi connectivity index (χ1v) is 12.2. The van der Waals surface area contributed by atoms with Crippen LogP contribution in [-0.2, 0) is 12.0 Å². The standard InChI is InChI=1S/C25H34N6/c1-16(2)23(26-8-7-20-15-27-22-6-4-3-5-21(20)22)24-28-29-30-31(24)25-12-17-9-18(13-25)11-19(10-17)14-25/h3-6,15-19,23,26-27H,7-14H2,1-2H3/t17?,18?,19?,23-,25?/m0/s1. The third kappa shape index (κ3) is 3.30. The van der Waals surface area contributed by atoms with Crippen LogP contribution in [0.5, 0.6) is 0 Å². The highest BCUT2D eigenvalue weighted by atomic mass is 15.6. The number of fused-ring (bicyclic) bond motifs is 1. The number of rotatable bonds is 7. The fourth-order valence-corrected chi connectivity index (χ4v) is 7.38. The third-order valence-electron chi connectivity index (χ3n) is 8.33. The molecule has 31 heavy (non-hydrogen) atoms. The van der Waals surface area contributed by atoms with Gasteiger partial charge in [0.05, 0.1) is 11.6 Å². The van der Waals surface area contributed by atoms with Gasteiger partial charge in [0.25, 0.3) is 0 Å². The summed E-state index contributed by atoms with van der Waals surface area (Å²) < 4.78 is 2.28. The Bertz CT molecular complexity index is 1030. The average Bonchev–Trinajstić information content (AvgIpc) is 3.38. The van der Waals surface area contributed by atoms with E-state index in [9.17, 15) is 0 Å². The molecule has 164 valence electrons. The number of para-hydroxylation sites is 1. The molecule has 0 amide bonds. The van der Waals surface area contributed by atoms with E-state index in [1.807, 2.05) is 0 Å². The van der Waals surface area contributed by atoms with Crippen LogP contribution in [-0.4, -0.2) is 31.7 Å². The summed E-state index contributed by atoms with van der Waals surface area (Å²) in [6, 6.07) is 8.72. The lowest BCUT2D eigenvalue weighted by atomic mass is 9.53. The number of nitrogens with one attached hydrogen (secondary N) is 2. The van der Waals surface area contributed by atoms with Gasteiger partial charge in [-0.1, -0.05) is 32.0 Å². The molecule has 0 aliphatic heterocycles. The summed E-state index contributed by atoms with van der Waals surface area (Å²) in [5.74, 6) is 4.14. The number of H-pyrrole nitrogens is 1. The molecule has 4 fully saturated rings. The highest BCUT2D eigenvalue weighted by Gasteiger charge is 2.53. The summed E-state index contributed by atoms with van der Waals surface area (Å²) in [4.78, 5) is 3.40. The number of hydrogen-bond acceptors (Lipinski definition) is 4. The summed E-state index contributed by atoms with van der Waals surface area (Å²) in [5.41, 5.74) is 2.74. The molecule has 4 aliphatic rings. The molecular weight excluding hydrogens is 384 g/mol. The van der Waals surface area contributed by atoms with Crippen LogP contribution < -0.4 is 5.32 Å². The summed E-state index contributed by atoms with van der Waals surface area (Å²) in [5, 5.41) is 18.6. The van der Waals surface area contributed by atoms with E-state index in [1.54, 1.807) is 0 Å². The van der Waals surface area contributed by atoms with Crippen LogP contribution in [0.4, 0.5) is 0 Å². The highest BCUT2D eigenvalue weighted by Crippen LogP contribution is 2.58. The van der Waals surface area contributed by atoms with Crippen molar-refractivity contribution in [3.63, 3.8) is 0 Å². The molecule has 6 heteroatoms. The number of aromatic amines is 1. The smallest absolute Gasteiger partial charge is 0.169 e. The Balaban J connectivity index is 1.22. The van der Waals surface area contributed by atoms with Crippen LogP contribution in [0.25, 0.3) is 10.9 Å². The number of nitrogens with zero attached hydrogens (tertiary/aromatic N) is 4. The van der Waals surface area contributed by atoms with E-state index < -0.39 is 0 Å². The van der Waals surface area contributed by atoms with Gasteiger partial charge in [-0.3, -0.25) is 0 Å². The van der Waals surface area contributed by atoms with Crippen LogP contribution in [0.3, 0.4) is 0 Å². The van der Waals surface area contributed by atoms with Crippen molar-refractivity contribution in [2.45, 2.75) is 70.4 Å². The molecule has 4 saturated carbocycles. The van der Waals surface area contributed by atoms with Gasteiger partial charge in [-0.15, -0.1) is 5.10 Å². The maximum Gasteiger partial charge on any atom is 0.169 e. The lowest BCUT2D eigenvalue weighted by Gasteiger charge is -2.56. The molecule has 0 spiro atoms. The van der Waals surface area contributed by atoms with Crippen molar-refractivity contribution in [3.05, 3.63) is 41.9 Å². The summed E-state index contributed by atoms with van der Waals surface area (Å²) in [6.45, 7) is 5.47. The van der Waals surface area contributed by atoms with Gasteiger partial charge in [0.1, 0.15) is 0 Å². The first kappa shape index (κ1) is 19.5. The number of hydrogen-bond donors (Lipinski definition) is 2. The Morgan fingerprint density at radius 2 is 1.81 bits per heavy atom. The van der Waals surface area contributed by atoms with Gasteiger partial charge in [-0.2, -0.15) is 0 Å². The van der Waals surface area contributed by atoms with Gasteiger partial charge in [0.2, 0.25) is 0 Å². The molecule has 7 rings (SSSR count). The van der Waals surface area contributed by atoms with E-state index in [1.165, 1.54) is 55.0 Å². The molecule has 0 saturated heterocycles. The predicted molar refractivity (Wildman–Crippen MR) is 122 cm³/mol. The number of aromatic nitrogens is 5. The SMILES string of the molecule is CC(C)[C@H](NCCc1c[nH]c2ccccc12)c1nnnn1C12CC3CC(CC(C3)C1)C2. The fraction of sp³-hybridized carbons (Fsp3) is 0.640. The average molecular weight is 419 g/mol. The molecule has 6 nitrogen and oxygen atoms in total. The Kier molecular flexibility index (Phi) is 4.67. The Morgan fingerprint density at radius 1 is 1.10 bits per heavy atom. The molecule has 4 bridgehead atoms. The minimum atomic E-state index is 0.166.